The third-order valence-electron chi connectivity index (χ3n) is 10.2. The summed E-state index contributed by atoms with van der Waals surface area (Å²) in [5, 5.41) is 78.3. The molecule has 2 aliphatic heterocycles. The summed E-state index contributed by atoms with van der Waals surface area (Å²) in [6, 6.07) is -4.82. The number of aliphatic hydroxyl groups is 4. The summed E-state index contributed by atoms with van der Waals surface area (Å²) in [7, 11) is 0. The van der Waals surface area contributed by atoms with Crippen LogP contribution in [0.5, 0.6) is 0 Å². The van der Waals surface area contributed by atoms with Gasteiger partial charge in [-0.3, -0.25) is 14.3 Å². The fourth-order valence-corrected chi connectivity index (χ4v) is 7.17. The second kappa shape index (κ2) is 27.6. The maximum absolute atomic E-state index is 12.8. The SMILES string of the molecule is CC(=O)N[C@H]1[C@H]([C@H](OC(=O)NCCCCCCCn2cc(CCCCNC(=O)O[C@@H]([C@@H]3OC(C(=O)O)=C[C@H](N=C(N)N)[C@H]3NC(C)=O)[C@H](O)CO)nn2)[C@H](O)CO)OC(C(=O)O)=C[C@@H]1N=C(N)N. The number of aliphatic hydroxyl groups excluding tert-OH is 4. The zero-order chi connectivity index (χ0) is 50.5. The molecule has 0 aliphatic carbocycles. The predicted octanol–water partition coefficient (Wildman–Crippen LogP) is -4.52. The van der Waals surface area contributed by atoms with Crippen LogP contribution in [0.2, 0.25) is 0 Å². The molecular formula is C39H63N13O16. The highest BCUT2D eigenvalue weighted by molar-refractivity contribution is 5.86. The van der Waals surface area contributed by atoms with Gasteiger partial charge in [0.05, 0.1) is 43.1 Å². The minimum Gasteiger partial charge on any atom is -0.477 e. The van der Waals surface area contributed by atoms with Crippen molar-refractivity contribution in [3.8, 4) is 0 Å². The first kappa shape index (κ1) is 55.3. The number of aryl methyl sites for hydroxylation is 2. The van der Waals surface area contributed by atoms with Gasteiger partial charge in [-0.25, -0.2) is 29.2 Å². The fourth-order valence-electron chi connectivity index (χ4n) is 7.17. The van der Waals surface area contributed by atoms with Gasteiger partial charge in [-0.1, -0.05) is 24.5 Å². The number of carbonyl (C=O) groups excluding carboxylic acids is 4. The molecule has 0 spiro atoms. The van der Waals surface area contributed by atoms with Gasteiger partial charge in [0.25, 0.3) is 0 Å². The van der Waals surface area contributed by atoms with E-state index in [9.17, 15) is 59.4 Å². The van der Waals surface area contributed by atoms with E-state index < -0.39 is 133 Å². The number of aromatic nitrogens is 3. The van der Waals surface area contributed by atoms with E-state index in [4.69, 9.17) is 41.9 Å². The summed E-state index contributed by atoms with van der Waals surface area (Å²) in [4.78, 5) is 81.2. The number of aliphatic imine (C=N–C) groups is 2. The molecule has 29 nitrogen and oxygen atoms in total. The molecule has 0 aromatic carbocycles. The van der Waals surface area contributed by atoms with E-state index in [2.05, 4.69) is 41.6 Å². The number of amides is 4. The van der Waals surface area contributed by atoms with Crippen molar-refractivity contribution in [3.05, 3.63) is 35.6 Å². The highest BCUT2D eigenvalue weighted by Crippen LogP contribution is 2.28. The van der Waals surface area contributed by atoms with Crippen molar-refractivity contribution in [2.45, 2.75) is 133 Å². The largest absolute Gasteiger partial charge is 0.477 e. The van der Waals surface area contributed by atoms with Crippen LogP contribution in [0.1, 0.15) is 64.5 Å². The lowest BCUT2D eigenvalue weighted by Crippen LogP contribution is -2.61. The number of carboxylic acid groups (broad SMARTS) is 2. The topological polar surface area (TPSA) is 468 Å². The number of nitrogens with one attached hydrogen (secondary N) is 4. The molecule has 0 unspecified atom stereocenters. The molecular weight excluding hydrogens is 907 g/mol. The molecule has 4 amide bonds. The minimum atomic E-state index is -1.77. The van der Waals surface area contributed by atoms with Gasteiger partial charge in [0.2, 0.25) is 23.3 Å². The summed E-state index contributed by atoms with van der Waals surface area (Å²) in [6.07, 6.45) is -2.77. The van der Waals surface area contributed by atoms with Crippen molar-refractivity contribution in [1.29, 1.82) is 0 Å². The number of aliphatic carboxylic acids is 2. The van der Waals surface area contributed by atoms with Crippen molar-refractivity contribution in [2.75, 3.05) is 26.3 Å². The third kappa shape index (κ3) is 18.0. The maximum atomic E-state index is 12.8. The zero-order valence-electron chi connectivity index (χ0n) is 37.5. The number of nitrogens with zero attached hydrogens (tertiary/aromatic N) is 5. The van der Waals surface area contributed by atoms with E-state index in [-0.39, 0.29) is 13.1 Å². The Labute approximate surface area is 389 Å². The van der Waals surface area contributed by atoms with Crippen LogP contribution in [0.15, 0.2) is 39.9 Å². The Hall–Kier alpha value is -6.98. The van der Waals surface area contributed by atoms with Crippen molar-refractivity contribution < 1.29 is 78.4 Å². The second-order valence-corrected chi connectivity index (χ2v) is 15.7. The Bertz CT molecular complexity index is 1990. The number of hydrogen-bond donors (Lipinski definition) is 14. The highest BCUT2D eigenvalue weighted by atomic mass is 16.6. The number of alkyl carbamates (subject to hydrolysis) is 2. The maximum Gasteiger partial charge on any atom is 0.407 e. The van der Waals surface area contributed by atoms with Crippen molar-refractivity contribution in [1.82, 2.24) is 36.3 Å². The van der Waals surface area contributed by atoms with Gasteiger partial charge in [0.1, 0.15) is 12.2 Å². The smallest absolute Gasteiger partial charge is 0.407 e. The Morgan fingerprint density at radius 2 is 1.13 bits per heavy atom. The molecule has 0 fully saturated rings. The van der Waals surface area contributed by atoms with Gasteiger partial charge in [-0.15, -0.1) is 5.10 Å². The summed E-state index contributed by atoms with van der Waals surface area (Å²) in [5.74, 6) is -6.40. The number of ether oxygens (including phenoxy) is 4. The quantitative estimate of drug-likeness (QED) is 0.0224. The van der Waals surface area contributed by atoms with E-state index in [1.165, 1.54) is 6.92 Å². The zero-order valence-corrected chi connectivity index (χ0v) is 37.5. The molecule has 3 heterocycles. The van der Waals surface area contributed by atoms with Crippen LogP contribution in [-0.2, 0) is 51.1 Å². The van der Waals surface area contributed by atoms with Crippen LogP contribution < -0.4 is 44.2 Å². The summed E-state index contributed by atoms with van der Waals surface area (Å²) in [6.45, 7) is 1.40. The molecule has 3 rings (SSSR count). The molecule has 1 aromatic rings. The van der Waals surface area contributed by atoms with Crippen molar-refractivity contribution >= 4 is 47.9 Å². The number of guanidine groups is 2. The molecule has 0 saturated heterocycles. The standard InChI is InChI=1S/C39H63N13O16/c1-19(55)46-28-22(48-36(40)41)14-26(34(59)60)65-32(28)30(24(57)17-53)67-38(63)44-11-7-4-3-5-9-13-52-16-21(50-51-52)10-6-8-12-45-39(64)68-31(25(58)18-54)33-29(47-20(2)56)23(49-37(42)43)15-27(66-33)35(61)62/h14-16,22-25,28-33,53-54,57-58H,3-13,17-18H2,1-2H3,(H,44,63)(H,45,64)(H,46,55)(H,47,56)(H,59,60)(H,61,62)(H4,40,41,48)(H4,42,43,49)/t22-,23-,24+,25+,28+,29+,30+,31+,32+,33+/m0/s1. The predicted molar refractivity (Wildman–Crippen MR) is 234 cm³/mol. The van der Waals surface area contributed by atoms with Crippen LogP contribution in [-0.4, -0.2) is 181 Å². The van der Waals surface area contributed by atoms with Gasteiger partial charge < -0.3 is 93.8 Å². The number of nitrogens with two attached hydrogens (primary N) is 4. The fraction of sp³-hybridized carbons (Fsp3) is 0.641. The van der Waals surface area contributed by atoms with E-state index in [0.717, 1.165) is 50.5 Å². The molecule has 380 valence electrons. The lowest BCUT2D eigenvalue weighted by molar-refractivity contribution is -0.147. The molecule has 18 N–H and O–H groups in total. The van der Waals surface area contributed by atoms with E-state index in [1.54, 1.807) is 10.9 Å². The van der Waals surface area contributed by atoms with Crippen LogP contribution in [0, 0.1) is 0 Å². The van der Waals surface area contributed by atoms with Crippen molar-refractivity contribution in [3.63, 3.8) is 0 Å². The molecule has 68 heavy (non-hydrogen) atoms. The van der Waals surface area contributed by atoms with Crippen LogP contribution in [0.3, 0.4) is 0 Å². The monoisotopic (exact) mass is 969 g/mol. The summed E-state index contributed by atoms with van der Waals surface area (Å²) < 4.78 is 23.5. The molecule has 10 atom stereocenters. The van der Waals surface area contributed by atoms with Gasteiger partial charge in [-0.05, 0) is 44.3 Å². The number of rotatable bonds is 27. The van der Waals surface area contributed by atoms with Gasteiger partial charge >= 0.3 is 24.1 Å². The molecule has 0 bridgehead atoms. The summed E-state index contributed by atoms with van der Waals surface area (Å²) in [5.41, 5.74) is 22.7. The van der Waals surface area contributed by atoms with Gasteiger partial charge in [-0.2, -0.15) is 0 Å². The first-order valence-electron chi connectivity index (χ1n) is 21.6. The van der Waals surface area contributed by atoms with Crippen LogP contribution in [0.25, 0.3) is 0 Å². The summed E-state index contributed by atoms with van der Waals surface area (Å²) >= 11 is 0. The Kier molecular flexibility index (Phi) is 22.5. The van der Waals surface area contributed by atoms with Crippen LogP contribution in [0.4, 0.5) is 9.59 Å². The first-order valence-corrected chi connectivity index (χ1v) is 21.6. The first-order chi connectivity index (χ1) is 32.2. The normalized spacial score (nSPS) is 21.6. The number of hydrogen-bond acceptors (Lipinski definition) is 18. The Balaban J connectivity index is 1.40. The second-order valence-electron chi connectivity index (χ2n) is 15.7. The number of carboxylic acids is 2. The molecule has 2 aliphatic rings. The molecule has 29 heteroatoms. The average Bonchev–Trinajstić information content (AvgIpc) is 3.72. The Morgan fingerprint density at radius 1 is 0.706 bits per heavy atom. The Morgan fingerprint density at radius 3 is 1.54 bits per heavy atom. The lowest BCUT2D eigenvalue weighted by atomic mass is 9.92. The minimum absolute atomic E-state index is 0.127. The average molecular weight is 970 g/mol. The van der Waals surface area contributed by atoms with E-state index in [1.807, 2.05) is 0 Å². The van der Waals surface area contributed by atoms with Crippen LogP contribution >= 0.6 is 0 Å². The molecule has 0 radical (unpaired) electrons. The number of unbranched alkanes of at least 4 members (excludes halogenated alkanes) is 5. The van der Waals surface area contributed by atoms with Gasteiger partial charge in [0, 0.05) is 39.7 Å². The lowest BCUT2D eigenvalue weighted by Gasteiger charge is -2.39. The van der Waals surface area contributed by atoms with E-state index in [0.29, 0.717) is 32.2 Å². The molecule has 0 saturated carbocycles. The third-order valence-corrected chi connectivity index (χ3v) is 10.2. The van der Waals surface area contributed by atoms with E-state index >= 15 is 0 Å². The van der Waals surface area contributed by atoms with Crippen molar-refractivity contribution in [2.24, 2.45) is 32.9 Å². The number of carbonyl (C=O) groups is 6. The van der Waals surface area contributed by atoms with Gasteiger partial charge in [0.15, 0.2) is 36.3 Å². The molecule has 1 aromatic heterocycles. The highest BCUT2D eigenvalue weighted by Gasteiger charge is 2.48.